The fourth-order valence-corrected chi connectivity index (χ4v) is 4.14. The summed E-state index contributed by atoms with van der Waals surface area (Å²) < 4.78 is 21.1. The van der Waals surface area contributed by atoms with Gasteiger partial charge in [0.15, 0.2) is 5.82 Å². The zero-order valence-corrected chi connectivity index (χ0v) is 15.2. The number of aryl methyl sites for hydroxylation is 1. The monoisotopic (exact) mass is 373 g/mol. The number of aromatic nitrogens is 4. The summed E-state index contributed by atoms with van der Waals surface area (Å²) in [6.07, 6.45) is 4.15. The first-order valence-corrected chi connectivity index (χ1v) is 9.56. The molecular weight excluding hydrogens is 349 g/mol. The first kappa shape index (κ1) is 18.0. The third-order valence-electron chi connectivity index (χ3n) is 5.79. The number of benzene rings is 1. The van der Waals surface area contributed by atoms with Gasteiger partial charge in [-0.2, -0.15) is 0 Å². The van der Waals surface area contributed by atoms with Crippen molar-refractivity contribution in [1.82, 2.24) is 25.5 Å². The highest BCUT2D eigenvalue weighted by Gasteiger charge is 2.36. The first-order valence-electron chi connectivity index (χ1n) is 9.56. The molecule has 0 radical (unpaired) electrons. The highest BCUT2D eigenvalue weighted by Crippen LogP contribution is 2.35. The number of carbonyl (C=O) groups excluding carboxylic acids is 1. The fourth-order valence-electron chi connectivity index (χ4n) is 4.14. The third kappa shape index (κ3) is 3.71. The van der Waals surface area contributed by atoms with Crippen molar-refractivity contribution >= 4 is 5.91 Å². The number of fused-ring (bicyclic) bond motifs is 1. The van der Waals surface area contributed by atoms with Gasteiger partial charge in [0, 0.05) is 31.7 Å². The summed E-state index contributed by atoms with van der Waals surface area (Å²) in [7, 11) is 0. The van der Waals surface area contributed by atoms with E-state index in [9.17, 15) is 9.18 Å². The normalized spacial score (nSPS) is 21.9. The van der Waals surface area contributed by atoms with E-state index in [1.807, 2.05) is 6.07 Å². The molecule has 27 heavy (non-hydrogen) atoms. The molecule has 0 spiro atoms. The standard InChI is InChI=1S/C19H24FN5O2/c20-15-5-3-4-14(12-15)19(7-10-27-11-8-19)13-21-18(26)16-6-1-2-9-25-17(16)22-23-24-25/h3-5,12,16H,1-2,6-11,13H2,(H,21,26)/t16-/m0/s1. The van der Waals surface area contributed by atoms with Crippen molar-refractivity contribution in [3.8, 4) is 0 Å². The minimum absolute atomic E-state index is 0.0600. The maximum atomic E-state index is 13.8. The van der Waals surface area contributed by atoms with Gasteiger partial charge in [-0.1, -0.05) is 18.6 Å². The molecule has 2 aliphatic rings. The number of ether oxygens (including phenoxy) is 1. The van der Waals surface area contributed by atoms with Gasteiger partial charge in [0.1, 0.15) is 5.82 Å². The van der Waals surface area contributed by atoms with Gasteiger partial charge < -0.3 is 10.1 Å². The van der Waals surface area contributed by atoms with Crippen molar-refractivity contribution in [2.45, 2.75) is 50.0 Å². The summed E-state index contributed by atoms with van der Waals surface area (Å²) in [5.41, 5.74) is 0.601. The molecule has 3 heterocycles. The molecule has 0 unspecified atom stereocenters. The van der Waals surface area contributed by atoms with Gasteiger partial charge in [0.05, 0.1) is 5.92 Å². The molecule has 0 saturated carbocycles. The predicted molar refractivity (Wildman–Crippen MR) is 95.5 cm³/mol. The van der Waals surface area contributed by atoms with E-state index in [0.717, 1.165) is 44.2 Å². The van der Waals surface area contributed by atoms with E-state index >= 15 is 0 Å². The van der Waals surface area contributed by atoms with Gasteiger partial charge >= 0.3 is 0 Å². The Balaban J connectivity index is 1.52. The van der Waals surface area contributed by atoms with Crippen LogP contribution in [0.3, 0.4) is 0 Å². The molecule has 2 aromatic rings. The summed E-state index contributed by atoms with van der Waals surface area (Å²) in [5.74, 6) is -0.0217. The number of nitrogens with one attached hydrogen (secondary N) is 1. The van der Waals surface area contributed by atoms with Crippen molar-refractivity contribution in [3.05, 3.63) is 41.5 Å². The van der Waals surface area contributed by atoms with Gasteiger partial charge in [0.25, 0.3) is 0 Å². The number of nitrogens with zero attached hydrogens (tertiary/aromatic N) is 4. The number of amides is 1. The van der Waals surface area contributed by atoms with Crippen molar-refractivity contribution in [2.75, 3.05) is 19.8 Å². The molecule has 1 atom stereocenters. The Hall–Kier alpha value is -2.35. The molecule has 0 bridgehead atoms. The zero-order valence-electron chi connectivity index (χ0n) is 15.2. The lowest BCUT2D eigenvalue weighted by molar-refractivity contribution is -0.123. The molecule has 0 aliphatic carbocycles. The molecule has 4 rings (SSSR count). The van der Waals surface area contributed by atoms with E-state index in [4.69, 9.17) is 4.74 Å². The van der Waals surface area contributed by atoms with Crippen LogP contribution in [0.25, 0.3) is 0 Å². The van der Waals surface area contributed by atoms with Crippen LogP contribution >= 0.6 is 0 Å². The van der Waals surface area contributed by atoms with Gasteiger partial charge in [0.2, 0.25) is 5.91 Å². The molecule has 7 nitrogen and oxygen atoms in total. The maximum absolute atomic E-state index is 13.8. The van der Waals surface area contributed by atoms with Crippen LogP contribution in [0.1, 0.15) is 49.4 Å². The van der Waals surface area contributed by atoms with E-state index in [-0.39, 0.29) is 23.1 Å². The highest BCUT2D eigenvalue weighted by atomic mass is 19.1. The van der Waals surface area contributed by atoms with Gasteiger partial charge in [-0.05, 0) is 53.8 Å². The maximum Gasteiger partial charge on any atom is 0.230 e. The smallest absolute Gasteiger partial charge is 0.230 e. The van der Waals surface area contributed by atoms with E-state index in [1.165, 1.54) is 6.07 Å². The van der Waals surface area contributed by atoms with Crippen molar-refractivity contribution in [3.63, 3.8) is 0 Å². The summed E-state index contributed by atoms with van der Waals surface area (Å²) >= 11 is 0. The summed E-state index contributed by atoms with van der Waals surface area (Å²) in [4.78, 5) is 13.0. The number of carbonyl (C=O) groups is 1. The Morgan fingerprint density at radius 1 is 1.33 bits per heavy atom. The number of halogens is 1. The number of tetrazole rings is 1. The second kappa shape index (κ2) is 7.72. The molecular formula is C19H24FN5O2. The third-order valence-corrected chi connectivity index (χ3v) is 5.79. The lowest BCUT2D eigenvalue weighted by atomic mass is 9.74. The van der Waals surface area contributed by atoms with E-state index < -0.39 is 0 Å². The predicted octanol–water partition coefficient (Wildman–Crippen LogP) is 1.94. The topological polar surface area (TPSA) is 81.9 Å². The van der Waals surface area contributed by atoms with Crippen LogP contribution < -0.4 is 5.32 Å². The van der Waals surface area contributed by atoms with Crippen LogP contribution in [0, 0.1) is 5.82 Å². The Morgan fingerprint density at radius 2 is 2.19 bits per heavy atom. The average Bonchev–Trinajstić information content (AvgIpc) is 3.06. The van der Waals surface area contributed by atoms with Crippen LogP contribution in [0.15, 0.2) is 24.3 Å². The van der Waals surface area contributed by atoms with Crippen molar-refractivity contribution in [2.24, 2.45) is 0 Å². The fraction of sp³-hybridized carbons (Fsp3) is 0.579. The Morgan fingerprint density at radius 3 is 3.00 bits per heavy atom. The Bertz CT molecular complexity index is 803. The lowest BCUT2D eigenvalue weighted by Crippen LogP contribution is -2.46. The van der Waals surface area contributed by atoms with Crippen LogP contribution in [-0.4, -0.2) is 45.9 Å². The molecule has 1 amide bonds. The number of hydrogen-bond donors (Lipinski definition) is 1. The first-order chi connectivity index (χ1) is 13.2. The van der Waals surface area contributed by atoms with Gasteiger partial charge in [-0.3, -0.25) is 4.79 Å². The van der Waals surface area contributed by atoms with E-state index in [1.54, 1.807) is 16.8 Å². The molecule has 144 valence electrons. The zero-order chi connectivity index (χ0) is 18.7. The minimum atomic E-state index is -0.341. The van der Waals surface area contributed by atoms with E-state index in [2.05, 4.69) is 20.8 Å². The summed E-state index contributed by atoms with van der Waals surface area (Å²) in [6, 6.07) is 6.68. The SMILES string of the molecule is O=C(NCC1(c2cccc(F)c2)CCOCC1)[C@H]1CCCCn2nnnc21. The number of rotatable bonds is 4. The van der Waals surface area contributed by atoms with E-state index in [0.29, 0.717) is 25.6 Å². The van der Waals surface area contributed by atoms with Crippen molar-refractivity contribution < 1.29 is 13.9 Å². The summed E-state index contributed by atoms with van der Waals surface area (Å²) in [6.45, 7) is 2.41. The quantitative estimate of drug-likeness (QED) is 0.886. The summed E-state index contributed by atoms with van der Waals surface area (Å²) in [5, 5.41) is 14.9. The molecule has 1 N–H and O–H groups in total. The van der Waals surface area contributed by atoms with Crippen molar-refractivity contribution in [1.29, 1.82) is 0 Å². The average molecular weight is 373 g/mol. The van der Waals surface area contributed by atoms with Crippen LogP contribution in [-0.2, 0) is 21.5 Å². The second-order valence-electron chi connectivity index (χ2n) is 7.43. The van der Waals surface area contributed by atoms with Crippen LogP contribution in [0.5, 0.6) is 0 Å². The Labute approximate surface area is 157 Å². The second-order valence-corrected chi connectivity index (χ2v) is 7.43. The molecule has 1 fully saturated rings. The van der Waals surface area contributed by atoms with Crippen LogP contribution in [0.2, 0.25) is 0 Å². The van der Waals surface area contributed by atoms with Gasteiger partial charge in [-0.25, -0.2) is 9.07 Å². The molecule has 1 aromatic carbocycles. The molecule has 8 heteroatoms. The van der Waals surface area contributed by atoms with Crippen LogP contribution in [0.4, 0.5) is 4.39 Å². The highest BCUT2D eigenvalue weighted by molar-refractivity contribution is 5.82. The largest absolute Gasteiger partial charge is 0.381 e. The molecule has 2 aliphatic heterocycles. The molecule has 1 aromatic heterocycles. The lowest BCUT2D eigenvalue weighted by Gasteiger charge is -2.38. The van der Waals surface area contributed by atoms with Gasteiger partial charge in [-0.15, -0.1) is 5.10 Å². The minimum Gasteiger partial charge on any atom is -0.381 e. The number of hydrogen-bond acceptors (Lipinski definition) is 5. The molecule has 1 saturated heterocycles. The Kier molecular flexibility index (Phi) is 5.15.